The van der Waals surface area contributed by atoms with Crippen LogP contribution in [-0.4, -0.2) is 15.5 Å². The van der Waals surface area contributed by atoms with E-state index in [1.54, 1.807) is 12.1 Å². The molecule has 0 aliphatic carbocycles. The molecular formula is C23H20N2O5. The van der Waals surface area contributed by atoms with E-state index < -0.39 is 11.6 Å². The molecule has 152 valence electrons. The Labute approximate surface area is 171 Å². The Hall–Kier alpha value is -3.74. The highest BCUT2D eigenvalue weighted by Gasteiger charge is 2.11. The number of carbonyl (C=O) groups is 1. The van der Waals surface area contributed by atoms with Crippen LogP contribution in [0.3, 0.4) is 0 Å². The largest absolute Gasteiger partial charge is 0.461 e. The maximum Gasteiger partial charge on any atom is 0.336 e. The van der Waals surface area contributed by atoms with Gasteiger partial charge < -0.3 is 9.15 Å². The van der Waals surface area contributed by atoms with E-state index >= 15 is 0 Å². The summed E-state index contributed by atoms with van der Waals surface area (Å²) in [6.45, 7) is 3.90. The number of esters is 1. The minimum atomic E-state index is -0.497. The fraction of sp³-hybridized carbons (Fsp3) is 0.217. The number of carbonyl (C=O) groups excluding carboxylic acids is 1. The monoisotopic (exact) mass is 404 g/mol. The zero-order chi connectivity index (χ0) is 21.3. The van der Waals surface area contributed by atoms with Gasteiger partial charge in [-0.05, 0) is 37.1 Å². The quantitative estimate of drug-likeness (QED) is 0.375. The molecule has 30 heavy (non-hydrogen) atoms. The molecular weight excluding hydrogens is 384 g/mol. The van der Waals surface area contributed by atoms with Crippen LogP contribution in [-0.2, 0) is 22.7 Å². The lowest BCUT2D eigenvalue weighted by Crippen LogP contribution is -2.22. The summed E-state index contributed by atoms with van der Waals surface area (Å²) in [5, 5.41) is 1.24. The second kappa shape index (κ2) is 7.94. The van der Waals surface area contributed by atoms with Crippen molar-refractivity contribution in [2.75, 3.05) is 0 Å². The second-order valence-electron chi connectivity index (χ2n) is 7.22. The molecule has 0 atom stereocenters. The molecule has 0 fully saturated rings. The molecule has 4 aromatic rings. The van der Waals surface area contributed by atoms with E-state index in [9.17, 15) is 14.4 Å². The Kier molecular flexibility index (Phi) is 5.18. The number of aromatic nitrogens is 2. The SMILES string of the molecule is Cc1ccc2c(COC(=O)CCn3cnc4c(C)cccc4c3=O)cc(=O)oc2c1. The van der Waals surface area contributed by atoms with Crippen molar-refractivity contribution < 1.29 is 13.9 Å². The standard InChI is InChI=1S/C23H20N2O5/c1-14-6-7-17-16(11-21(27)30-19(17)10-14)12-29-20(26)8-9-25-13-24-22-15(2)4-3-5-18(22)23(25)28/h3-7,10-11,13H,8-9,12H2,1-2H3. The van der Waals surface area contributed by atoms with Crippen LogP contribution < -0.4 is 11.2 Å². The predicted octanol–water partition coefficient (Wildman–Crippen LogP) is 3.25. The summed E-state index contributed by atoms with van der Waals surface area (Å²) < 4.78 is 11.9. The number of para-hydroxylation sites is 1. The minimum absolute atomic E-state index is 0.0113. The Morgan fingerprint density at radius 1 is 1.10 bits per heavy atom. The molecule has 0 saturated heterocycles. The van der Waals surface area contributed by atoms with Gasteiger partial charge in [0.2, 0.25) is 0 Å². The Bertz CT molecular complexity index is 1380. The molecule has 4 rings (SSSR count). The number of benzene rings is 2. The van der Waals surface area contributed by atoms with Crippen LogP contribution in [0.5, 0.6) is 0 Å². The fourth-order valence-corrected chi connectivity index (χ4v) is 3.40. The highest BCUT2D eigenvalue weighted by molar-refractivity contribution is 5.81. The molecule has 2 aromatic heterocycles. The van der Waals surface area contributed by atoms with Crippen LogP contribution in [0.25, 0.3) is 21.9 Å². The van der Waals surface area contributed by atoms with Crippen molar-refractivity contribution in [3.8, 4) is 0 Å². The van der Waals surface area contributed by atoms with E-state index in [4.69, 9.17) is 9.15 Å². The number of hydrogen-bond donors (Lipinski definition) is 0. The van der Waals surface area contributed by atoms with Crippen molar-refractivity contribution in [2.45, 2.75) is 33.4 Å². The van der Waals surface area contributed by atoms with Crippen molar-refractivity contribution in [2.24, 2.45) is 0 Å². The summed E-state index contributed by atoms with van der Waals surface area (Å²) in [6.07, 6.45) is 1.46. The number of fused-ring (bicyclic) bond motifs is 2. The maximum absolute atomic E-state index is 12.6. The van der Waals surface area contributed by atoms with E-state index in [0.29, 0.717) is 22.0 Å². The average Bonchev–Trinajstić information content (AvgIpc) is 2.71. The molecule has 2 heterocycles. The molecule has 0 aliphatic rings. The molecule has 0 radical (unpaired) electrons. The Morgan fingerprint density at radius 3 is 2.77 bits per heavy atom. The van der Waals surface area contributed by atoms with Gasteiger partial charge in [0.1, 0.15) is 12.2 Å². The highest BCUT2D eigenvalue weighted by atomic mass is 16.5. The lowest BCUT2D eigenvalue weighted by molar-refractivity contribution is -0.145. The third-order valence-electron chi connectivity index (χ3n) is 4.99. The molecule has 0 unspecified atom stereocenters. The zero-order valence-electron chi connectivity index (χ0n) is 16.7. The van der Waals surface area contributed by atoms with Crippen molar-refractivity contribution in [1.29, 1.82) is 0 Å². The molecule has 0 saturated carbocycles. The first kappa shape index (κ1) is 19.6. The first-order valence-corrected chi connectivity index (χ1v) is 9.56. The van der Waals surface area contributed by atoms with Crippen LogP contribution in [0.15, 0.2) is 62.8 Å². The van der Waals surface area contributed by atoms with Gasteiger partial charge in [-0.2, -0.15) is 0 Å². The van der Waals surface area contributed by atoms with E-state index in [2.05, 4.69) is 4.98 Å². The summed E-state index contributed by atoms with van der Waals surface area (Å²) in [4.78, 5) is 41.0. The van der Waals surface area contributed by atoms with Gasteiger partial charge in [0.15, 0.2) is 0 Å². The van der Waals surface area contributed by atoms with Gasteiger partial charge in [-0.25, -0.2) is 9.78 Å². The van der Waals surface area contributed by atoms with E-state index in [-0.39, 0.29) is 25.1 Å². The Balaban J connectivity index is 1.46. The van der Waals surface area contributed by atoms with Gasteiger partial charge in [-0.3, -0.25) is 14.2 Å². The van der Waals surface area contributed by atoms with Crippen LogP contribution in [0.4, 0.5) is 0 Å². The summed E-state index contributed by atoms with van der Waals surface area (Å²) in [7, 11) is 0. The maximum atomic E-state index is 12.6. The van der Waals surface area contributed by atoms with Gasteiger partial charge in [-0.15, -0.1) is 0 Å². The molecule has 0 amide bonds. The van der Waals surface area contributed by atoms with Gasteiger partial charge in [-0.1, -0.05) is 24.3 Å². The average molecular weight is 404 g/mol. The van der Waals surface area contributed by atoms with Crippen molar-refractivity contribution in [3.63, 3.8) is 0 Å². The van der Waals surface area contributed by atoms with E-state index in [0.717, 1.165) is 16.5 Å². The van der Waals surface area contributed by atoms with Gasteiger partial charge in [0.05, 0.1) is 23.7 Å². The second-order valence-corrected chi connectivity index (χ2v) is 7.22. The summed E-state index contributed by atoms with van der Waals surface area (Å²) >= 11 is 0. The molecule has 7 nitrogen and oxygen atoms in total. The number of ether oxygens (including phenoxy) is 1. The van der Waals surface area contributed by atoms with Gasteiger partial charge in [0, 0.05) is 23.6 Å². The first-order chi connectivity index (χ1) is 14.4. The molecule has 0 bridgehead atoms. The first-order valence-electron chi connectivity index (χ1n) is 9.56. The van der Waals surface area contributed by atoms with E-state index in [1.807, 2.05) is 38.1 Å². The smallest absolute Gasteiger partial charge is 0.336 e. The van der Waals surface area contributed by atoms with Crippen LogP contribution >= 0.6 is 0 Å². The minimum Gasteiger partial charge on any atom is -0.461 e. The lowest BCUT2D eigenvalue weighted by Gasteiger charge is -2.09. The number of nitrogens with zero attached hydrogens (tertiary/aromatic N) is 2. The topological polar surface area (TPSA) is 91.4 Å². The van der Waals surface area contributed by atoms with E-state index in [1.165, 1.54) is 17.0 Å². The number of rotatable bonds is 5. The van der Waals surface area contributed by atoms with Gasteiger partial charge >= 0.3 is 11.6 Å². The zero-order valence-corrected chi connectivity index (χ0v) is 16.7. The van der Waals surface area contributed by atoms with Crippen molar-refractivity contribution in [1.82, 2.24) is 9.55 Å². The normalized spacial score (nSPS) is 11.1. The van der Waals surface area contributed by atoms with Crippen molar-refractivity contribution in [3.05, 3.63) is 86.3 Å². The highest BCUT2D eigenvalue weighted by Crippen LogP contribution is 2.19. The lowest BCUT2D eigenvalue weighted by atomic mass is 10.1. The molecule has 0 spiro atoms. The molecule has 0 N–H and O–H groups in total. The predicted molar refractivity (Wildman–Crippen MR) is 112 cm³/mol. The summed E-state index contributed by atoms with van der Waals surface area (Å²) in [5.74, 6) is -0.472. The third kappa shape index (κ3) is 3.87. The van der Waals surface area contributed by atoms with Crippen LogP contribution in [0, 0.1) is 13.8 Å². The Morgan fingerprint density at radius 2 is 1.93 bits per heavy atom. The molecule has 0 aliphatic heterocycles. The number of aryl methyl sites for hydroxylation is 3. The number of hydrogen-bond acceptors (Lipinski definition) is 6. The fourth-order valence-electron chi connectivity index (χ4n) is 3.40. The van der Waals surface area contributed by atoms with Crippen molar-refractivity contribution >= 4 is 27.8 Å². The van der Waals surface area contributed by atoms with Crippen LogP contribution in [0.1, 0.15) is 23.1 Å². The summed E-state index contributed by atoms with van der Waals surface area (Å²) in [6, 6.07) is 12.2. The molecule has 7 heteroatoms. The summed E-state index contributed by atoms with van der Waals surface area (Å²) in [5.41, 5.74) is 2.88. The molecule has 2 aromatic carbocycles. The third-order valence-corrected chi connectivity index (χ3v) is 4.99. The van der Waals surface area contributed by atoms with Crippen LogP contribution in [0.2, 0.25) is 0 Å². The van der Waals surface area contributed by atoms with Gasteiger partial charge in [0.25, 0.3) is 5.56 Å².